The van der Waals surface area contributed by atoms with Crippen LogP contribution in [0.5, 0.6) is 5.75 Å². The summed E-state index contributed by atoms with van der Waals surface area (Å²) in [6, 6.07) is 5.82. The number of hydrogen-bond donors (Lipinski definition) is 1. The van der Waals surface area contributed by atoms with E-state index in [2.05, 4.69) is 21.2 Å². The maximum absolute atomic E-state index is 11.8. The van der Waals surface area contributed by atoms with Crippen molar-refractivity contribution >= 4 is 22.0 Å². The molecular formula is C16H24BrNO3. The van der Waals surface area contributed by atoms with E-state index in [4.69, 9.17) is 9.47 Å². The van der Waals surface area contributed by atoms with Gasteiger partial charge in [-0.1, -0.05) is 15.9 Å². The van der Waals surface area contributed by atoms with Crippen LogP contribution in [0, 0.1) is 6.92 Å². The zero-order valence-electron chi connectivity index (χ0n) is 13.5. The molecule has 0 fully saturated rings. The molecule has 118 valence electrons. The third-order valence-corrected chi connectivity index (χ3v) is 3.06. The molecular weight excluding hydrogens is 334 g/mol. The Morgan fingerprint density at radius 1 is 1.24 bits per heavy atom. The molecule has 0 saturated carbocycles. The van der Waals surface area contributed by atoms with E-state index in [1.54, 1.807) is 0 Å². The van der Waals surface area contributed by atoms with E-state index < -0.39 is 17.2 Å². The lowest BCUT2D eigenvalue weighted by molar-refractivity contribution is 0.0441. The largest absolute Gasteiger partial charge is 0.491 e. The number of benzene rings is 1. The van der Waals surface area contributed by atoms with Gasteiger partial charge in [-0.2, -0.15) is 0 Å². The zero-order valence-corrected chi connectivity index (χ0v) is 15.1. The molecule has 0 aliphatic carbocycles. The molecule has 0 aromatic heterocycles. The number of carbonyl (C=O) groups excluding carboxylic acids is 1. The molecule has 5 heteroatoms. The predicted molar refractivity (Wildman–Crippen MR) is 87.8 cm³/mol. The van der Waals surface area contributed by atoms with Crippen molar-refractivity contribution in [3.63, 3.8) is 0 Å². The van der Waals surface area contributed by atoms with Crippen molar-refractivity contribution in [1.29, 1.82) is 0 Å². The molecule has 0 atom stereocenters. The second kappa shape index (κ2) is 6.69. The van der Waals surface area contributed by atoms with Crippen molar-refractivity contribution < 1.29 is 14.3 Å². The topological polar surface area (TPSA) is 47.6 Å². The van der Waals surface area contributed by atoms with Gasteiger partial charge >= 0.3 is 6.09 Å². The Bertz CT molecular complexity index is 507. The highest BCUT2D eigenvalue weighted by atomic mass is 79.9. The first kappa shape index (κ1) is 17.8. The summed E-state index contributed by atoms with van der Waals surface area (Å²) in [7, 11) is 0. The smallest absolute Gasteiger partial charge is 0.408 e. The molecule has 0 bridgehead atoms. The van der Waals surface area contributed by atoms with E-state index in [1.807, 2.05) is 59.7 Å². The van der Waals surface area contributed by atoms with E-state index >= 15 is 0 Å². The summed E-state index contributed by atoms with van der Waals surface area (Å²) in [4.78, 5) is 11.8. The summed E-state index contributed by atoms with van der Waals surface area (Å²) in [5.74, 6) is 0.803. The summed E-state index contributed by atoms with van der Waals surface area (Å²) >= 11 is 3.42. The monoisotopic (exact) mass is 357 g/mol. The number of nitrogens with one attached hydrogen (secondary N) is 1. The maximum Gasteiger partial charge on any atom is 0.408 e. The van der Waals surface area contributed by atoms with Crippen molar-refractivity contribution in [2.75, 3.05) is 6.61 Å². The van der Waals surface area contributed by atoms with Crippen LogP contribution in [0.15, 0.2) is 22.7 Å². The fraction of sp³-hybridized carbons (Fsp3) is 0.562. The maximum atomic E-state index is 11.8. The SMILES string of the molecule is Cc1cc(Br)ccc1OCC(C)(C)NC(=O)OC(C)(C)C. The van der Waals surface area contributed by atoms with Crippen LogP contribution in [0.2, 0.25) is 0 Å². The van der Waals surface area contributed by atoms with Crippen LogP contribution in [-0.4, -0.2) is 23.8 Å². The number of aryl methyl sites for hydroxylation is 1. The van der Waals surface area contributed by atoms with E-state index in [0.717, 1.165) is 15.8 Å². The minimum atomic E-state index is -0.526. The molecule has 0 aliphatic heterocycles. The number of hydrogen-bond acceptors (Lipinski definition) is 3. The molecule has 1 N–H and O–H groups in total. The lowest BCUT2D eigenvalue weighted by Crippen LogP contribution is -2.49. The van der Waals surface area contributed by atoms with Crippen molar-refractivity contribution in [3.05, 3.63) is 28.2 Å². The molecule has 1 amide bonds. The van der Waals surface area contributed by atoms with Gasteiger partial charge in [-0.15, -0.1) is 0 Å². The Hall–Kier alpha value is -1.23. The number of alkyl carbamates (subject to hydrolysis) is 1. The Morgan fingerprint density at radius 2 is 1.86 bits per heavy atom. The van der Waals surface area contributed by atoms with E-state index in [0.29, 0.717) is 6.61 Å². The summed E-state index contributed by atoms with van der Waals surface area (Å²) in [5, 5.41) is 2.82. The molecule has 21 heavy (non-hydrogen) atoms. The van der Waals surface area contributed by atoms with E-state index in [9.17, 15) is 4.79 Å². The summed E-state index contributed by atoms with van der Waals surface area (Å²) in [6.07, 6.45) is -0.441. The summed E-state index contributed by atoms with van der Waals surface area (Å²) < 4.78 is 12.1. The van der Waals surface area contributed by atoms with Crippen LogP contribution < -0.4 is 10.1 Å². The average Bonchev–Trinajstić information content (AvgIpc) is 2.23. The number of amides is 1. The quantitative estimate of drug-likeness (QED) is 0.866. The minimum absolute atomic E-state index is 0.356. The second-order valence-electron chi connectivity index (χ2n) is 6.71. The first-order chi connectivity index (χ1) is 9.48. The van der Waals surface area contributed by atoms with Gasteiger partial charge in [0.25, 0.3) is 0 Å². The standard InChI is InChI=1S/C16H24BrNO3/c1-11-9-12(17)7-8-13(11)20-10-16(5,6)18-14(19)21-15(2,3)4/h7-9H,10H2,1-6H3,(H,18,19). The normalized spacial score (nSPS) is 12.0. The number of ether oxygens (including phenoxy) is 2. The first-order valence-corrected chi connectivity index (χ1v) is 7.68. The van der Waals surface area contributed by atoms with E-state index in [1.165, 1.54) is 0 Å². The van der Waals surface area contributed by atoms with Crippen LogP contribution in [0.4, 0.5) is 4.79 Å². The highest BCUT2D eigenvalue weighted by molar-refractivity contribution is 9.10. The third kappa shape index (κ3) is 6.85. The zero-order chi connectivity index (χ0) is 16.3. The molecule has 1 aromatic carbocycles. The molecule has 1 aromatic rings. The lowest BCUT2D eigenvalue weighted by atomic mass is 10.1. The second-order valence-corrected chi connectivity index (χ2v) is 7.62. The molecule has 4 nitrogen and oxygen atoms in total. The summed E-state index contributed by atoms with van der Waals surface area (Å²) in [5.41, 5.74) is 0.00275. The minimum Gasteiger partial charge on any atom is -0.491 e. The molecule has 0 heterocycles. The molecule has 1 rings (SSSR count). The fourth-order valence-corrected chi connectivity index (χ4v) is 2.12. The van der Waals surface area contributed by atoms with Crippen molar-refractivity contribution in [2.24, 2.45) is 0 Å². The lowest BCUT2D eigenvalue weighted by Gasteiger charge is -2.28. The van der Waals surface area contributed by atoms with Crippen molar-refractivity contribution in [3.8, 4) is 5.75 Å². The van der Waals surface area contributed by atoms with Gasteiger partial charge in [0.05, 0.1) is 5.54 Å². The number of carbonyl (C=O) groups is 1. The van der Waals surface area contributed by atoms with Gasteiger partial charge in [-0.05, 0) is 65.3 Å². The first-order valence-electron chi connectivity index (χ1n) is 6.89. The van der Waals surface area contributed by atoms with Crippen LogP contribution >= 0.6 is 15.9 Å². The third-order valence-electron chi connectivity index (χ3n) is 2.56. The van der Waals surface area contributed by atoms with Gasteiger partial charge in [0.15, 0.2) is 0 Å². The molecule has 0 spiro atoms. The van der Waals surface area contributed by atoms with Gasteiger partial charge in [0.2, 0.25) is 0 Å². The molecule has 0 aliphatic rings. The highest BCUT2D eigenvalue weighted by Gasteiger charge is 2.25. The predicted octanol–water partition coefficient (Wildman–Crippen LogP) is 4.44. The number of halogens is 1. The molecule has 0 unspecified atom stereocenters. The Labute approximate surface area is 135 Å². The Kier molecular flexibility index (Phi) is 5.68. The molecule has 0 radical (unpaired) electrons. The Morgan fingerprint density at radius 3 is 2.38 bits per heavy atom. The van der Waals surface area contributed by atoms with E-state index in [-0.39, 0.29) is 0 Å². The van der Waals surface area contributed by atoms with Crippen LogP contribution in [0.3, 0.4) is 0 Å². The van der Waals surface area contributed by atoms with Gasteiger partial charge in [0, 0.05) is 4.47 Å². The van der Waals surface area contributed by atoms with Crippen LogP contribution in [-0.2, 0) is 4.74 Å². The highest BCUT2D eigenvalue weighted by Crippen LogP contribution is 2.23. The van der Waals surface area contributed by atoms with Crippen molar-refractivity contribution in [2.45, 2.75) is 52.7 Å². The van der Waals surface area contributed by atoms with Gasteiger partial charge < -0.3 is 14.8 Å². The Balaban J connectivity index is 2.58. The van der Waals surface area contributed by atoms with Crippen LogP contribution in [0.25, 0.3) is 0 Å². The molecule has 0 saturated heterocycles. The number of rotatable bonds is 4. The van der Waals surface area contributed by atoms with Gasteiger partial charge in [0.1, 0.15) is 18.0 Å². The average molecular weight is 358 g/mol. The fourth-order valence-electron chi connectivity index (χ4n) is 1.65. The van der Waals surface area contributed by atoms with Crippen LogP contribution in [0.1, 0.15) is 40.2 Å². The van der Waals surface area contributed by atoms with Gasteiger partial charge in [-0.3, -0.25) is 0 Å². The summed E-state index contributed by atoms with van der Waals surface area (Å²) in [6.45, 7) is 11.6. The van der Waals surface area contributed by atoms with Crippen molar-refractivity contribution in [1.82, 2.24) is 5.32 Å². The van der Waals surface area contributed by atoms with Gasteiger partial charge in [-0.25, -0.2) is 4.79 Å².